The molecular weight excluding hydrogens is 290 g/mol. The van der Waals surface area contributed by atoms with Crippen molar-refractivity contribution in [2.75, 3.05) is 0 Å². The molecule has 0 saturated carbocycles. The van der Waals surface area contributed by atoms with E-state index in [2.05, 4.69) is 0 Å². The van der Waals surface area contributed by atoms with Gasteiger partial charge in [-0.15, -0.1) is 0 Å². The summed E-state index contributed by atoms with van der Waals surface area (Å²) in [6.07, 6.45) is 5.33. The minimum Gasteiger partial charge on any atom is -0.480 e. The highest BCUT2D eigenvalue weighted by molar-refractivity contribution is 5.72. The van der Waals surface area contributed by atoms with Gasteiger partial charge < -0.3 is 9.67 Å². The van der Waals surface area contributed by atoms with Crippen molar-refractivity contribution in [2.24, 2.45) is 5.92 Å². The Bertz CT molecular complexity index is 770. The smallest absolute Gasteiger partial charge is 0.327 e. The Kier molecular flexibility index (Phi) is 5.16. The molecule has 0 saturated heterocycles. The standard InChI is InChI=1S/C19H21NO3/c1-13(2)18(19(22)23)20-11-10-16(12-17(20)21)9-8-15-6-4-14(3)5-7-15/h4-13,18H,1-3H3,(H,22,23)/b9-8+. The number of hydrogen-bond acceptors (Lipinski definition) is 2. The van der Waals surface area contributed by atoms with Crippen molar-refractivity contribution in [3.8, 4) is 0 Å². The highest BCUT2D eigenvalue weighted by Gasteiger charge is 2.23. The molecule has 120 valence electrons. The van der Waals surface area contributed by atoms with Crippen LogP contribution in [-0.2, 0) is 4.79 Å². The van der Waals surface area contributed by atoms with E-state index in [9.17, 15) is 14.7 Å². The zero-order valence-corrected chi connectivity index (χ0v) is 13.6. The van der Waals surface area contributed by atoms with E-state index >= 15 is 0 Å². The molecule has 1 unspecified atom stereocenters. The predicted octanol–water partition coefficient (Wildman–Crippen LogP) is 3.61. The van der Waals surface area contributed by atoms with Gasteiger partial charge in [0.1, 0.15) is 6.04 Å². The minimum absolute atomic E-state index is 0.167. The number of carboxylic acids is 1. The van der Waals surface area contributed by atoms with Crippen LogP contribution in [-0.4, -0.2) is 15.6 Å². The second kappa shape index (κ2) is 7.09. The van der Waals surface area contributed by atoms with E-state index in [4.69, 9.17) is 0 Å². The van der Waals surface area contributed by atoms with E-state index in [1.54, 1.807) is 26.1 Å². The summed E-state index contributed by atoms with van der Waals surface area (Å²) in [5.41, 5.74) is 2.68. The van der Waals surface area contributed by atoms with E-state index < -0.39 is 12.0 Å². The van der Waals surface area contributed by atoms with Crippen molar-refractivity contribution >= 4 is 18.1 Å². The minimum atomic E-state index is -0.995. The topological polar surface area (TPSA) is 59.3 Å². The van der Waals surface area contributed by atoms with E-state index in [1.807, 2.05) is 43.3 Å². The maximum Gasteiger partial charge on any atom is 0.327 e. The first-order valence-corrected chi connectivity index (χ1v) is 7.58. The molecule has 23 heavy (non-hydrogen) atoms. The number of benzene rings is 1. The Hall–Kier alpha value is -2.62. The van der Waals surface area contributed by atoms with Gasteiger partial charge in [-0.05, 0) is 30.0 Å². The van der Waals surface area contributed by atoms with Crippen LogP contribution in [0.5, 0.6) is 0 Å². The van der Waals surface area contributed by atoms with E-state index in [-0.39, 0.29) is 11.5 Å². The van der Waals surface area contributed by atoms with E-state index in [0.717, 1.165) is 11.1 Å². The van der Waals surface area contributed by atoms with Gasteiger partial charge >= 0.3 is 5.97 Å². The first-order chi connectivity index (χ1) is 10.9. The van der Waals surface area contributed by atoms with Crippen LogP contribution in [0.2, 0.25) is 0 Å². The molecule has 1 aromatic heterocycles. The number of nitrogens with zero attached hydrogens (tertiary/aromatic N) is 1. The lowest BCUT2D eigenvalue weighted by atomic mass is 10.0. The van der Waals surface area contributed by atoms with Crippen molar-refractivity contribution in [1.29, 1.82) is 0 Å². The SMILES string of the molecule is Cc1ccc(/C=C/c2ccn(C(C(=O)O)C(C)C)c(=O)c2)cc1. The van der Waals surface area contributed by atoms with Crippen LogP contribution in [0.1, 0.15) is 36.6 Å². The van der Waals surface area contributed by atoms with Gasteiger partial charge in [-0.2, -0.15) is 0 Å². The molecule has 1 N–H and O–H groups in total. The van der Waals surface area contributed by atoms with Crippen molar-refractivity contribution in [3.05, 3.63) is 69.6 Å². The third-order valence-corrected chi connectivity index (χ3v) is 3.70. The molecule has 0 bridgehead atoms. The molecule has 1 aromatic carbocycles. The van der Waals surface area contributed by atoms with Crippen LogP contribution in [0.15, 0.2) is 47.4 Å². The van der Waals surface area contributed by atoms with Crippen LogP contribution in [0.25, 0.3) is 12.2 Å². The molecule has 0 radical (unpaired) electrons. The third-order valence-electron chi connectivity index (χ3n) is 3.70. The molecule has 2 rings (SSSR count). The van der Waals surface area contributed by atoms with Crippen molar-refractivity contribution in [2.45, 2.75) is 26.8 Å². The van der Waals surface area contributed by atoms with E-state index in [1.165, 1.54) is 16.2 Å². The maximum absolute atomic E-state index is 12.2. The summed E-state index contributed by atoms with van der Waals surface area (Å²) >= 11 is 0. The summed E-state index contributed by atoms with van der Waals surface area (Å²) in [4.78, 5) is 23.6. The first-order valence-electron chi connectivity index (χ1n) is 7.58. The normalized spacial score (nSPS) is 12.7. The Labute approximate surface area is 135 Å². The third kappa shape index (κ3) is 4.19. The summed E-state index contributed by atoms with van der Waals surface area (Å²) in [6, 6.07) is 10.4. The van der Waals surface area contributed by atoms with Gasteiger partial charge in [-0.1, -0.05) is 55.8 Å². The molecule has 0 fully saturated rings. The second-order valence-electron chi connectivity index (χ2n) is 5.98. The molecule has 4 heteroatoms. The molecule has 4 nitrogen and oxygen atoms in total. The predicted molar refractivity (Wildman–Crippen MR) is 92.3 cm³/mol. The maximum atomic E-state index is 12.2. The van der Waals surface area contributed by atoms with E-state index in [0.29, 0.717) is 0 Å². The molecule has 2 aromatic rings. The fourth-order valence-corrected chi connectivity index (χ4v) is 2.43. The fourth-order valence-electron chi connectivity index (χ4n) is 2.43. The van der Waals surface area contributed by atoms with Gasteiger partial charge in [0, 0.05) is 12.3 Å². The van der Waals surface area contributed by atoms with Gasteiger partial charge in [0.15, 0.2) is 0 Å². The number of hydrogen-bond donors (Lipinski definition) is 1. The van der Waals surface area contributed by atoms with Crippen LogP contribution in [0.4, 0.5) is 0 Å². The highest BCUT2D eigenvalue weighted by Crippen LogP contribution is 2.16. The van der Waals surface area contributed by atoms with Gasteiger partial charge in [0.2, 0.25) is 0 Å². The van der Waals surface area contributed by atoms with Crippen LogP contribution in [0, 0.1) is 12.8 Å². The molecule has 0 aliphatic heterocycles. The van der Waals surface area contributed by atoms with Crippen LogP contribution >= 0.6 is 0 Å². The summed E-state index contributed by atoms with van der Waals surface area (Å²) in [6.45, 7) is 5.60. The fraction of sp³-hybridized carbons (Fsp3) is 0.263. The summed E-state index contributed by atoms with van der Waals surface area (Å²) in [5, 5.41) is 9.29. The average Bonchev–Trinajstić information content (AvgIpc) is 2.48. The molecule has 1 atom stereocenters. The summed E-state index contributed by atoms with van der Waals surface area (Å²) in [5.74, 6) is -1.16. The quantitative estimate of drug-likeness (QED) is 0.917. The number of aliphatic carboxylic acids is 1. The first kappa shape index (κ1) is 16.7. The number of rotatable bonds is 5. The summed E-state index contributed by atoms with van der Waals surface area (Å²) in [7, 11) is 0. The average molecular weight is 311 g/mol. The number of carboxylic acid groups (broad SMARTS) is 1. The zero-order valence-electron chi connectivity index (χ0n) is 13.6. The number of aromatic nitrogens is 1. The number of pyridine rings is 1. The highest BCUT2D eigenvalue weighted by atomic mass is 16.4. The Balaban J connectivity index is 2.27. The van der Waals surface area contributed by atoms with Crippen molar-refractivity contribution in [1.82, 2.24) is 4.57 Å². The largest absolute Gasteiger partial charge is 0.480 e. The molecule has 0 aliphatic rings. The van der Waals surface area contributed by atoms with Crippen molar-refractivity contribution in [3.63, 3.8) is 0 Å². The van der Waals surface area contributed by atoms with Gasteiger partial charge in [-0.25, -0.2) is 4.79 Å². The van der Waals surface area contributed by atoms with Crippen molar-refractivity contribution < 1.29 is 9.90 Å². The van der Waals surface area contributed by atoms with Gasteiger partial charge in [-0.3, -0.25) is 4.79 Å². The molecule has 1 heterocycles. The second-order valence-corrected chi connectivity index (χ2v) is 5.98. The molecular formula is C19H21NO3. The monoisotopic (exact) mass is 311 g/mol. The Morgan fingerprint density at radius 1 is 1.09 bits per heavy atom. The number of aryl methyl sites for hydroxylation is 1. The number of carbonyl (C=O) groups is 1. The lowest BCUT2D eigenvalue weighted by Crippen LogP contribution is -2.32. The zero-order chi connectivity index (χ0) is 17.0. The van der Waals surface area contributed by atoms with Gasteiger partial charge in [0.05, 0.1) is 0 Å². The lowest BCUT2D eigenvalue weighted by Gasteiger charge is -2.19. The molecule has 0 aliphatic carbocycles. The van der Waals surface area contributed by atoms with Crippen LogP contribution < -0.4 is 5.56 Å². The van der Waals surface area contributed by atoms with Gasteiger partial charge in [0.25, 0.3) is 5.56 Å². The Morgan fingerprint density at radius 2 is 1.70 bits per heavy atom. The Morgan fingerprint density at radius 3 is 2.22 bits per heavy atom. The van der Waals surface area contributed by atoms with Crippen LogP contribution in [0.3, 0.4) is 0 Å². The molecule has 0 spiro atoms. The molecule has 0 amide bonds. The lowest BCUT2D eigenvalue weighted by molar-refractivity contribution is -0.142. The summed E-state index contributed by atoms with van der Waals surface area (Å²) < 4.78 is 1.27.